The molecule has 0 fully saturated rings. The Morgan fingerprint density at radius 1 is 1.14 bits per heavy atom. The summed E-state index contributed by atoms with van der Waals surface area (Å²) in [6.45, 7) is 4.09. The number of amides is 1. The monoisotopic (exact) mass is 296 g/mol. The topological polar surface area (TPSA) is 60.0 Å². The number of carbonyl (C=O) groups excluding carboxylic acids is 1. The van der Waals surface area contributed by atoms with Crippen molar-refractivity contribution in [2.24, 2.45) is 0 Å². The highest BCUT2D eigenvalue weighted by Crippen LogP contribution is 2.31. The summed E-state index contributed by atoms with van der Waals surface area (Å²) in [5, 5.41) is 2.78. The van der Waals surface area contributed by atoms with E-state index >= 15 is 0 Å². The summed E-state index contributed by atoms with van der Waals surface area (Å²) in [4.78, 5) is 13.3. The molecule has 1 aromatic carbocycles. The molecule has 0 bridgehead atoms. The second-order valence-corrected chi connectivity index (χ2v) is 4.54. The molecule has 0 spiro atoms. The molecule has 6 heteroatoms. The first-order valence-electron chi connectivity index (χ1n) is 6.80. The van der Waals surface area contributed by atoms with E-state index in [1.165, 1.54) is 6.92 Å². The van der Waals surface area contributed by atoms with E-state index in [0.29, 0.717) is 26.3 Å². The van der Waals surface area contributed by atoms with E-state index in [0.717, 1.165) is 17.1 Å². The minimum absolute atomic E-state index is 0.105. The molecular weight excluding hydrogens is 272 g/mol. The van der Waals surface area contributed by atoms with E-state index in [1.54, 1.807) is 21.3 Å². The molecule has 0 saturated heterocycles. The van der Waals surface area contributed by atoms with Gasteiger partial charge in [-0.3, -0.25) is 4.79 Å². The molecule has 118 valence electrons. The number of hydrogen-bond acceptors (Lipinski definition) is 5. The number of nitrogens with one attached hydrogen (secondary N) is 1. The highest BCUT2D eigenvalue weighted by molar-refractivity contribution is 5.89. The van der Waals surface area contributed by atoms with Crippen LogP contribution in [-0.2, 0) is 14.3 Å². The Bertz CT molecular complexity index is 443. The molecule has 0 aliphatic heterocycles. The predicted molar refractivity (Wildman–Crippen MR) is 83.3 cm³/mol. The van der Waals surface area contributed by atoms with Gasteiger partial charge in [0.25, 0.3) is 0 Å². The van der Waals surface area contributed by atoms with Crippen molar-refractivity contribution < 1.29 is 19.0 Å². The van der Waals surface area contributed by atoms with Gasteiger partial charge in [0.15, 0.2) is 0 Å². The minimum atomic E-state index is -0.105. The van der Waals surface area contributed by atoms with Crippen LogP contribution in [0.25, 0.3) is 0 Å². The van der Waals surface area contributed by atoms with Crippen molar-refractivity contribution in [1.29, 1.82) is 0 Å². The van der Waals surface area contributed by atoms with E-state index in [2.05, 4.69) is 10.2 Å². The van der Waals surface area contributed by atoms with Gasteiger partial charge in [0.1, 0.15) is 5.75 Å². The van der Waals surface area contributed by atoms with Crippen LogP contribution in [0.15, 0.2) is 18.2 Å². The number of anilines is 2. The number of nitrogens with zero attached hydrogens (tertiary/aromatic N) is 1. The van der Waals surface area contributed by atoms with E-state index in [4.69, 9.17) is 14.2 Å². The van der Waals surface area contributed by atoms with Crippen LogP contribution in [0.2, 0.25) is 0 Å². The summed E-state index contributed by atoms with van der Waals surface area (Å²) in [7, 11) is 4.96. The fourth-order valence-corrected chi connectivity index (χ4v) is 1.97. The lowest BCUT2D eigenvalue weighted by molar-refractivity contribution is -0.114. The third-order valence-corrected chi connectivity index (χ3v) is 2.97. The van der Waals surface area contributed by atoms with E-state index in [9.17, 15) is 4.79 Å². The Kier molecular flexibility index (Phi) is 7.56. The highest BCUT2D eigenvalue weighted by Gasteiger charge is 2.13. The number of benzene rings is 1. The Balaban J connectivity index is 3.02. The van der Waals surface area contributed by atoms with E-state index in [-0.39, 0.29) is 5.91 Å². The third-order valence-electron chi connectivity index (χ3n) is 2.97. The summed E-state index contributed by atoms with van der Waals surface area (Å²) in [6, 6.07) is 5.55. The molecule has 1 N–H and O–H groups in total. The Morgan fingerprint density at radius 2 is 1.76 bits per heavy atom. The molecule has 6 nitrogen and oxygen atoms in total. The van der Waals surface area contributed by atoms with Crippen LogP contribution in [0.1, 0.15) is 6.92 Å². The first-order chi connectivity index (χ1) is 10.1. The van der Waals surface area contributed by atoms with Gasteiger partial charge in [-0.2, -0.15) is 0 Å². The Morgan fingerprint density at radius 3 is 2.24 bits per heavy atom. The molecule has 0 atom stereocenters. The molecule has 0 radical (unpaired) electrons. The number of methoxy groups -OCH3 is 3. The van der Waals surface area contributed by atoms with Gasteiger partial charge in [-0.1, -0.05) is 0 Å². The van der Waals surface area contributed by atoms with Crippen molar-refractivity contribution in [3.8, 4) is 5.75 Å². The molecule has 0 unspecified atom stereocenters. The molecule has 21 heavy (non-hydrogen) atoms. The number of ether oxygens (including phenoxy) is 3. The lowest BCUT2D eigenvalue weighted by Gasteiger charge is -2.26. The number of rotatable bonds is 9. The normalized spacial score (nSPS) is 10.3. The Labute approximate surface area is 126 Å². The van der Waals surface area contributed by atoms with Crippen LogP contribution in [0.4, 0.5) is 11.4 Å². The van der Waals surface area contributed by atoms with Gasteiger partial charge in [0, 0.05) is 39.9 Å². The van der Waals surface area contributed by atoms with Crippen LogP contribution in [-0.4, -0.2) is 53.5 Å². The summed E-state index contributed by atoms with van der Waals surface area (Å²) in [5.41, 5.74) is 1.64. The smallest absolute Gasteiger partial charge is 0.221 e. The number of hydrogen-bond donors (Lipinski definition) is 1. The molecule has 0 heterocycles. The third kappa shape index (κ3) is 5.61. The van der Waals surface area contributed by atoms with Gasteiger partial charge in [-0.05, 0) is 18.2 Å². The largest absolute Gasteiger partial charge is 0.495 e. The number of carbonyl (C=O) groups is 1. The van der Waals surface area contributed by atoms with Gasteiger partial charge < -0.3 is 24.4 Å². The maximum absolute atomic E-state index is 11.2. The zero-order chi connectivity index (χ0) is 15.7. The molecule has 1 aromatic rings. The fraction of sp³-hybridized carbons (Fsp3) is 0.533. The zero-order valence-electron chi connectivity index (χ0n) is 13.1. The molecular formula is C15H24N2O4. The molecule has 1 rings (SSSR count). The van der Waals surface area contributed by atoms with E-state index < -0.39 is 0 Å². The predicted octanol–water partition coefficient (Wildman–Crippen LogP) is 1.75. The lowest BCUT2D eigenvalue weighted by atomic mass is 10.2. The highest BCUT2D eigenvalue weighted by atomic mass is 16.5. The van der Waals surface area contributed by atoms with Crippen molar-refractivity contribution in [3.63, 3.8) is 0 Å². The van der Waals surface area contributed by atoms with Gasteiger partial charge in [0.05, 0.1) is 26.0 Å². The molecule has 0 aliphatic rings. The maximum atomic E-state index is 11.2. The second-order valence-electron chi connectivity index (χ2n) is 4.54. The van der Waals surface area contributed by atoms with Crippen molar-refractivity contribution in [2.75, 3.05) is 57.8 Å². The summed E-state index contributed by atoms with van der Waals surface area (Å²) in [6.07, 6.45) is 0. The van der Waals surface area contributed by atoms with Crippen molar-refractivity contribution in [3.05, 3.63) is 18.2 Å². The van der Waals surface area contributed by atoms with Gasteiger partial charge in [-0.25, -0.2) is 0 Å². The van der Waals surface area contributed by atoms with Gasteiger partial charge >= 0.3 is 0 Å². The maximum Gasteiger partial charge on any atom is 0.221 e. The zero-order valence-corrected chi connectivity index (χ0v) is 13.1. The lowest BCUT2D eigenvalue weighted by Crippen LogP contribution is -2.31. The average molecular weight is 296 g/mol. The fourth-order valence-electron chi connectivity index (χ4n) is 1.97. The molecule has 1 amide bonds. The minimum Gasteiger partial charge on any atom is -0.495 e. The Hall–Kier alpha value is -1.79. The van der Waals surface area contributed by atoms with Crippen LogP contribution in [0.5, 0.6) is 5.75 Å². The summed E-state index contributed by atoms with van der Waals surface area (Å²) < 4.78 is 15.7. The van der Waals surface area contributed by atoms with Gasteiger partial charge in [0.2, 0.25) is 5.91 Å². The van der Waals surface area contributed by atoms with Crippen LogP contribution >= 0.6 is 0 Å². The standard InChI is InChI=1S/C15H24N2O4/c1-12(18)16-13-5-6-15(21-4)14(11-13)17(7-9-19-2)8-10-20-3/h5-6,11H,7-10H2,1-4H3,(H,16,18). The first kappa shape index (κ1) is 17.3. The van der Waals surface area contributed by atoms with Crippen LogP contribution < -0.4 is 15.0 Å². The summed E-state index contributed by atoms with van der Waals surface area (Å²) >= 11 is 0. The van der Waals surface area contributed by atoms with Crippen molar-refractivity contribution >= 4 is 17.3 Å². The van der Waals surface area contributed by atoms with Crippen LogP contribution in [0, 0.1) is 0 Å². The average Bonchev–Trinajstić information content (AvgIpc) is 2.47. The first-order valence-corrected chi connectivity index (χ1v) is 6.80. The molecule has 0 saturated carbocycles. The van der Waals surface area contributed by atoms with Gasteiger partial charge in [-0.15, -0.1) is 0 Å². The second kappa shape index (κ2) is 9.20. The SMILES string of the molecule is COCCN(CCOC)c1cc(NC(C)=O)ccc1OC. The van der Waals surface area contributed by atoms with Crippen LogP contribution in [0.3, 0.4) is 0 Å². The van der Waals surface area contributed by atoms with Crippen molar-refractivity contribution in [1.82, 2.24) is 0 Å². The van der Waals surface area contributed by atoms with E-state index in [1.807, 2.05) is 18.2 Å². The quantitative estimate of drug-likeness (QED) is 0.752. The molecule has 0 aromatic heterocycles. The molecule has 0 aliphatic carbocycles. The van der Waals surface area contributed by atoms with Crippen molar-refractivity contribution in [2.45, 2.75) is 6.92 Å². The summed E-state index contributed by atoms with van der Waals surface area (Å²) in [5.74, 6) is 0.641.